The molecule has 146 valence electrons. The molecule has 3 aromatic rings. The number of rotatable bonds is 7. The number of carbonyl (C=O) groups is 1. The van der Waals surface area contributed by atoms with Crippen molar-refractivity contribution in [3.05, 3.63) is 62.8 Å². The summed E-state index contributed by atoms with van der Waals surface area (Å²) in [6.45, 7) is 0.192. The molecule has 0 unspecified atom stereocenters. The number of hydrogen-bond donors (Lipinski definition) is 1. The number of nitro benzene ring substituents is 1. The molecule has 1 N–H and O–H groups in total. The first-order valence-electron chi connectivity index (χ1n) is 8.29. The van der Waals surface area contributed by atoms with Gasteiger partial charge >= 0.3 is 0 Å². The Labute approximate surface area is 163 Å². The third kappa shape index (κ3) is 4.04. The summed E-state index contributed by atoms with van der Waals surface area (Å²) in [5.74, 6) is -0.0387. The lowest BCUT2D eigenvalue weighted by atomic mass is 10.1. The van der Waals surface area contributed by atoms with Crippen LogP contribution in [0, 0.1) is 15.9 Å². The number of thiophene rings is 1. The highest BCUT2D eigenvalue weighted by atomic mass is 32.1. The normalized spacial score (nSPS) is 10.7. The van der Waals surface area contributed by atoms with Gasteiger partial charge in [0.15, 0.2) is 11.5 Å². The van der Waals surface area contributed by atoms with E-state index in [4.69, 9.17) is 9.47 Å². The van der Waals surface area contributed by atoms with Gasteiger partial charge in [0.25, 0.3) is 11.6 Å². The Bertz CT molecular complexity index is 1050. The molecule has 7 nitrogen and oxygen atoms in total. The number of methoxy groups -OCH3 is 2. The van der Waals surface area contributed by atoms with Crippen LogP contribution in [0.25, 0.3) is 10.1 Å². The van der Waals surface area contributed by atoms with Crippen molar-refractivity contribution in [3.63, 3.8) is 0 Å². The Morgan fingerprint density at radius 3 is 2.57 bits per heavy atom. The standard InChI is InChI=1S/C19H17FN2O5S/c1-26-15-8-11(14(22(24)25)10-16(15)27-2)5-6-21-19(23)18-9-12-7-13(20)3-4-17(12)28-18/h3-4,7-10H,5-6H2,1-2H3,(H,21,23). The lowest BCUT2D eigenvalue weighted by Gasteiger charge is -2.11. The zero-order valence-electron chi connectivity index (χ0n) is 15.2. The van der Waals surface area contributed by atoms with Crippen LogP contribution in [0.5, 0.6) is 11.5 Å². The lowest BCUT2D eigenvalue weighted by Crippen LogP contribution is -2.25. The molecule has 0 atom stereocenters. The van der Waals surface area contributed by atoms with Gasteiger partial charge in [-0.25, -0.2) is 4.39 Å². The summed E-state index contributed by atoms with van der Waals surface area (Å²) in [4.78, 5) is 23.6. The smallest absolute Gasteiger partial charge is 0.276 e. The highest BCUT2D eigenvalue weighted by Gasteiger charge is 2.19. The van der Waals surface area contributed by atoms with E-state index in [1.165, 1.54) is 49.8 Å². The number of nitrogens with one attached hydrogen (secondary N) is 1. The molecule has 0 aliphatic rings. The molecule has 2 aromatic carbocycles. The molecular formula is C19H17FN2O5S. The Hall–Kier alpha value is -3.20. The van der Waals surface area contributed by atoms with Gasteiger partial charge in [-0.2, -0.15) is 0 Å². The molecule has 0 fully saturated rings. The summed E-state index contributed by atoms with van der Waals surface area (Å²) in [5.41, 5.74) is 0.311. The highest BCUT2D eigenvalue weighted by Crippen LogP contribution is 2.34. The first-order chi connectivity index (χ1) is 13.4. The van der Waals surface area contributed by atoms with Gasteiger partial charge in [-0.15, -0.1) is 11.3 Å². The number of carbonyl (C=O) groups excluding carboxylic acids is 1. The molecule has 9 heteroatoms. The number of nitro groups is 1. The van der Waals surface area contributed by atoms with Gasteiger partial charge in [0, 0.05) is 16.8 Å². The van der Waals surface area contributed by atoms with Crippen LogP contribution >= 0.6 is 11.3 Å². The van der Waals surface area contributed by atoms with E-state index in [9.17, 15) is 19.3 Å². The maximum absolute atomic E-state index is 13.3. The van der Waals surface area contributed by atoms with Gasteiger partial charge in [-0.05, 0) is 42.1 Å². The van der Waals surface area contributed by atoms with Crippen molar-refractivity contribution in [1.29, 1.82) is 0 Å². The minimum atomic E-state index is -0.500. The molecule has 0 saturated carbocycles. The predicted octanol–water partition coefficient (Wildman–Crippen LogP) is 3.94. The zero-order valence-corrected chi connectivity index (χ0v) is 16.0. The van der Waals surface area contributed by atoms with Gasteiger partial charge in [-0.3, -0.25) is 14.9 Å². The van der Waals surface area contributed by atoms with Crippen LogP contribution in [0.1, 0.15) is 15.2 Å². The van der Waals surface area contributed by atoms with Gasteiger partial charge in [0.2, 0.25) is 0 Å². The number of halogens is 1. The van der Waals surface area contributed by atoms with E-state index >= 15 is 0 Å². The van der Waals surface area contributed by atoms with Crippen LogP contribution in [-0.4, -0.2) is 31.6 Å². The van der Waals surface area contributed by atoms with Crippen molar-refractivity contribution in [2.45, 2.75) is 6.42 Å². The van der Waals surface area contributed by atoms with Crippen LogP contribution in [0.15, 0.2) is 36.4 Å². The van der Waals surface area contributed by atoms with Crippen molar-refractivity contribution in [2.24, 2.45) is 0 Å². The first kappa shape index (κ1) is 19.6. The summed E-state index contributed by atoms with van der Waals surface area (Å²) in [5, 5.41) is 14.7. The quantitative estimate of drug-likeness (QED) is 0.476. The summed E-state index contributed by atoms with van der Waals surface area (Å²) >= 11 is 1.26. The fraction of sp³-hybridized carbons (Fsp3) is 0.211. The number of hydrogen-bond acceptors (Lipinski definition) is 6. The fourth-order valence-corrected chi connectivity index (χ4v) is 3.76. The molecule has 1 aromatic heterocycles. The predicted molar refractivity (Wildman–Crippen MR) is 104 cm³/mol. The summed E-state index contributed by atoms with van der Waals surface area (Å²) in [6.07, 6.45) is 0.238. The maximum Gasteiger partial charge on any atom is 0.276 e. The van der Waals surface area contributed by atoms with E-state index in [1.807, 2.05) is 0 Å². The minimum Gasteiger partial charge on any atom is -0.493 e. The van der Waals surface area contributed by atoms with Gasteiger partial charge in [-0.1, -0.05) is 0 Å². The third-order valence-corrected chi connectivity index (χ3v) is 5.28. The van der Waals surface area contributed by atoms with E-state index in [-0.39, 0.29) is 36.1 Å². The Morgan fingerprint density at radius 1 is 1.18 bits per heavy atom. The van der Waals surface area contributed by atoms with Crippen LogP contribution in [-0.2, 0) is 6.42 Å². The number of nitrogens with zero attached hydrogens (tertiary/aromatic N) is 1. The SMILES string of the molecule is COc1cc(CCNC(=O)c2cc3cc(F)ccc3s2)c([N+](=O)[O-])cc1OC. The lowest BCUT2D eigenvalue weighted by molar-refractivity contribution is -0.385. The van der Waals surface area contributed by atoms with Gasteiger partial charge in [0.05, 0.1) is 30.1 Å². The second-order valence-corrected chi connectivity index (χ2v) is 6.98. The van der Waals surface area contributed by atoms with E-state index in [0.717, 1.165) is 4.70 Å². The van der Waals surface area contributed by atoms with Crippen molar-refractivity contribution in [1.82, 2.24) is 5.32 Å². The Morgan fingerprint density at radius 2 is 1.89 bits per heavy atom. The summed E-state index contributed by atoms with van der Waals surface area (Å²) < 4.78 is 24.4. The largest absolute Gasteiger partial charge is 0.493 e. The van der Waals surface area contributed by atoms with Crippen molar-refractivity contribution < 1.29 is 23.6 Å². The molecule has 28 heavy (non-hydrogen) atoms. The van der Waals surface area contributed by atoms with Crippen LogP contribution in [0.2, 0.25) is 0 Å². The molecule has 0 aliphatic carbocycles. The van der Waals surface area contributed by atoms with Crippen molar-refractivity contribution in [2.75, 3.05) is 20.8 Å². The van der Waals surface area contributed by atoms with Crippen LogP contribution in [0.3, 0.4) is 0 Å². The molecule has 3 rings (SSSR count). The molecule has 0 aliphatic heterocycles. The minimum absolute atomic E-state index is 0.107. The average molecular weight is 404 g/mol. The fourth-order valence-electron chi connectivity index (χ4n) is 2.80. The van der Waals surface area contributed by atoms with Gasteiger partial charge < -0.3 is 14.8 Å². The summed E-state index contributed by atoms with van der Waals surface area (Å²) in [7, 11) is 2.85. The molecule has 1 heterocycles. The highest BCUT2D eigenvalue weighted by molar-refractivity contribution is 7.20. The van der Waals surface area contributed by atoms with E-state index in [1.54, 1.807) is 12.1 Å². The summed E-state index contributed by atoms with van der Waals surface area (Å²) in [6, 6.07) is 8.80. The zero-order chi connectivity index (χ0) is 20.3. The van der Waals surface area contributed by atoms with Crippen molar-refractivity contribution >= 4 is 33.0 Å². The van der Waals surface area contributed by atoms with Crippen LogP contribution in [0.4, 0.5) is 10.1 Å². The molecule has 0 radical (unpaired) electrons. The number of amides is 1. The number of benzene rings is 2. The van der Waals surface area contributed by atoms with Gasteiger partial charge in [0.1, 0.15) is 5.82 Å². The second kappa shape index (κ2) is 8.22. The second-order valence-electron chi connectivity index (χ2n) is 5.89. The Balaban J connectivity index is 1.72. The van der Waals surface area contributed by atoms with E-state index in [0.29, 0.717) is 21.6 Å². The average Bonchev–Trinajstić information content (AvgIpc) is 3.10. The molecular weight excluding hydrogens is 387 g/mol. The maximum atomic E-state index is 13.3. The number of ether oxygens (including phenoxy) is 2. The van der Waals surface area contributed by atoms with Crippen LogP contribution < -0.4 is 14.8 Å². The monoisotopic (exact) mass is 404 g/mol. The first-order valence-corrected chi connectivity index (χ1v) is 9.11. The molecule has 1 amide bonds. The van der Waals surface area contributed by atoms with E-state index < -0.39 is 4.92 Å². The number of fused-ring (bicyclic) bond motifs is 1. The Kier molecular flexibility index (Phi) is 5.74. The molecule has 0 bridgehead atoms. The topological polar surface area (TPSA) is 90.7 Å². The molecule has 0 spiro atoms. The van der Waals surface area contributed by atoms with E-state index in [2.05, 4.69) is 5.32 Å². The third-order valence-electron chi connectivity index (χ3n) is 4.16. The molecule has 0 saturated heterocycles. The van der Waals surface area contributed by atoms with Crippen molar-refractivity contribution in [3.8, 4) is 11.5 Å².